The summed E-state index contributed by atoms with van der Waals surface area (Å²) in [5.74, 6) is 0.369. The molecule has 2 aromatic carbocycles. The van der Waals surface area contributed by atoms with Gasteiger partial charge in [0.25, 0.3) is 0 Å². The fourth-order valence-electron chi connectivity index (χ4n) is 5.06. The number of thiophene rings is 1. The Balaban J connectivity index is 1.49. The average molecular weight is 532 g/mol. The van der Waals surface area contributed by atoms with Crippen LogP contribution < -0.4 is 10.1 Å². The van der Waals surface area contributed by atoms with E-state index < -0.39 is 6.04 Å². The van der Waals surface area contributed by atoms with Gasteiger partial charge in [-0.1, -0.05) is 54.8 Å². The van der Waals surface area contributed by atoms with Crippen LogP contribution in [0.1, 0.15) is 55.5 Å². The first-order valence-corrected chi connectivity index (χ1v) is 14.1. The number of nitrogens with one attached hydrogen (secondary N) is 1. The summed E-state index contributed by atoms with van der Waals surface area (Å²) in [6, 6.07) is 18.3. The number of carbonyl (C=O) groups is 2. The van der Waals surface area contributed by atoms with Crippen LogP contribution in [-0.4, -0.2) is 44.4 Å². The second kappa shape index (κ2) is 12.2. The zero-order valence-corrected chi connectivity index (χ0v) is 22.4. The maximum absolute atomic E-state index is 14.0. The number of hydrogen-bond acceptors (Lipinski definition) is 6. The Morgan fingerprint density at radius 1 is 1.08 bits per heavy atom. The van der Waals surface area contributed by atoms with Gasteiger partial charge in [-0.3, -0.25) is 9.59 Å². The molecule has 5 rings (SSSR count). The van der Waals surface area contributed by atoms with Crippen molar-refractivity contribution >= 4 is 34.2 Å². The molecule has 0 saturated heterocycles. The zero-order valence-electron chi connectivity index (χ0n) is 21.6. The van der Waals surface area contributed by atoms with Gasteiger partial charge in [0.2, 0.25) is 11.8 Å². The van der Waals surface area contributed by atoms with Crippen molar-refractivity contribution in [3.8, 4) is 5.75 Å². The quantitative estimate of drug-likeness (QED) is 0.307. The van der Waals surface area contributed by atoms with Gasteiger partial charge in [0.1, 0.15) is 23.9 Å². The highest BCUT2D eigenvalue weighted by Crippen LogP contribution is 2.29. The monoisotopic (exact) mass is 531 g/mol. The summed E-state index contributed by atoms with van der Waals surface area (Å²) in [6.07, 6.45) is 5.34. The predicted molar refractivity (Wildman–Crippen MR) is 148 cm³/mol. The summed E-state index contributed by atoms with van der Waals surface area (Å²) < 4.78 is 7.23. The summed E-state index contributed by atoms with van der Waals surface area (Å²) in [7, 11) is 0. The van der Waals surface area contributed by atoms with Crippen LogP contribution in [0.3, 0.4) is 0 Å². The van der Waals surface area contributed by atoms with E-state index in [1.807, 2.05) is 73.0 Å². The third kappa shape index (κ3) is 6.05. The summed E-state index contributed by atoms with van der Waals surface area (Å²) in [5, 5.41) is 13.7. The van der Waals surface area contributed by atoms with Crippen molar-refractivity contribution in [3.63, 3.8) is 0 Å². The van der Waals surface area contributed by atoms with E-state index in [-0.39, 0.29) is 24.4 Å². The average Bonchev–Trinajstić information content (AvgIpc) is 3.60. The van der Waals surface area contributed by atoms with Gasteiger partial charge >= 0.3 is 0 Å². The summed E-state index contributed by atoms with van der Waals surface area (Å²) in [4.78, 5) is 30.6. The number of carbonyl (C=O) groups excluding carboxylic acids is 2. The number of fused-ring (bicyclic) bond motifs is 1. The number of aromatic nitrogens is 3. The number of ether oxygens (including phenoxy) is 1. The van der Waals surface area contributed by atoms with Gasteiger partial charge in [-0.25, -0.2) is 4.68 Å². The van der Waals surface area contributed by atoms with Crippen molar-refractivity contribution in [2.24, 2.45) is 0 Å². The van der Waals surface area contributed by atoms with Gasteiger partial charge in [-0.15, -0.1) is 16.4 Å². The molecule has 0 spiro atoms. The van der Waals surface area contributed by atoms with Crippen LogP contribution in [-0.2, 0) is 22.7 Å². The predicted octanol–water partition coefficient (Wildman–Crippen LogP) is 5.11. The van der Waals surface area contributed by atoms with E-state index in [2.05, 4.69) is 15.6 Å². The highest BCUT2D eigenvalue weighted by atomic mass is 32.1. The molecule has 1 fully saturated rings. The molecule has 0 radical (unpaired) electrons. The molecule has 2 amide bonds. The molecule has 38 heavy (non-hydrogen) atoms. The molecule has 198 valence electrons. The van der Waals surface area contributed by atoms with E-state index in [0.29, 0.717) is 13.2 Å². The largest absolute Gasteiger partial charge is 0.494 e. The highest BCUT2D eigenvalue weighted by molar-refractivity contribution is 7.09. The van der Waals surface area contributed by atoms with Crippen molar-refractivity contribution in [1.29, 1.82) is 0 Å². The summed E-state index contributed by atoms with van der Waals surface area (Å²) >= 11 is 1.57. The number of nitrogens with zero attached hydrogens (tertiary/aromatic N) is 4. The van der Waals surface area contributed by atoms with Crippen molar-refractivity contribution < 1.29 is 14.3 Å². The Bertz CT molecular complexity index is 1350. The van der Waals surface area contributed by atoms with E-state index in [1.54, 1.807) is 20.9 Å². The van der Waals surface area contributed by atoms with Crippen LogP contribution in [0.2, 0.25) is 0 Å². The van der Waals surface area contributed by atoms with E-state index >= 15 is 0 Å². The first-order chi connectivity index (χ1) is 18.6. The minimum atomic E-state index is -0.794. The fourth-order valence-corrected chi connectivity index (χ4v) is 5.76. The molecular formula is C29H33N5O3S. The van der Waals surface area contributed by atoms with Gasteiger partial charge in [-0.2, -0.15) is 0 Å². The molecule has 8 nitrogen and oxygen atoms in total. The van der Waals surface area contributed by atoms with Crippen LogP contribution >= 0.6 is 11.3 Å². The molecule has 1 unspecified atom stereocenters. The lowest BCUT2D eigenvalue weighted by Gasteiger charge is -2.33. The van der Waals surface area contributed by atoms with Gasteiger partial charge < -0.3 is 15.0 Å². The molecule has 4 aromatic rings. The van der Waals surface area contributed by atoms with Gasteiger partial charge in [-0.05, 0) is 61.0 Å². The Kier molecular flexibility index (Phi) is 8.33. The number of hydrogen-bond donors (Lipinski definition) is 1. The van der Waals surface area contributed by atoms with Crippen LogP contribution in [0, 0.1) is 0 Å². The maximum atomic E-state index is 14.0. The molecule has 1 saturated carbocycles. The number of para-hydroxylation sites is 1. The molecule has 2 heterocycles. The van der Waals surface area contributed by atoms with E-state index in [9.17, 15) is 9.59 Å². The van der Waals surface area contributed by atoms with E-state index in [1.165, 1.54) is 6.42 Å². The zero-order chi connectivity index (χ0) is 26.3. The van der Waals surface area contributed by atoms with Crippen LogP contribution in [0.15, 0.2) is 66.0 Å². The lowest BCUT2D eigenvalue weighted by molar-refractivity contribution is -0.142. The molecule has 0 bridgehead atoms. The Morgan fingerprint density at radius 3 is 2.61 bits per heavy atom. The van der Waals surface area contributed by atoms with Crippen LogP contribution in [0.4, 0.5) is 0 Å². The van der Waals surface area contributed by atoms with Crippen molar-refractivity contribution in [2.45, 2.75) is 64.2 Å². The minimum Gasteiger partial charge on any atom is -0.494 e. The minimum absolute atomic E-state index is 0.0177. The van der Waals surface area contributed by atoms with Crippen LogP contribution in [0.25, 0.3) is 11.0 Å². The molecule has 1 atom stereocenters. The van der Waals surface area contributed by atoms with E-state index in [4.69, 9.17) is 4.74 Å². The molecule has 1 N–H and O–H groups in total. The molecule has 9 heteroatoms. The molecule has 1 aliphatic carbocycles. The van der Waals surface area contributed by atoms with Gasteiger partial charge in [0.05, 0.1) is 18.7 Å². The smallest absolute Gasteiger partial charge is 0.247 e. The third-order valence-electron chi connectivity index (χ3n) is 6.95. The second-order valence-corrected chi connectivity index (χ2v) is 10.6. The standard InChI is InChI=1S/C29H33N5O3S/c1-2-37-23-16-14-21(15-17-23)28(29(36)30-22-9-4-3-5-10-22)33(19-24-11-8-18-38-24)27(35)20-34-26-13-7-6-12-25(26)31-32-34/h6-8,11-18,22,28H,2-5,9-10,19-20H2,1H3,(H,30,36). The second-order valence-electron chi connectivity index (χ2n) is 9.58. The molecule has 1 aliphatic rings. The van der Waals surface area contributed by atoms with Crippen molar-refractivity contribution in [3.05, 3.63) is 76.5 Å². The Morgan fingerprint density at radius 2 is 1.87 bits per heavy atom. The lowest BCUT2D eigenvalue weighted by atomic mass is 9.94. The van der Waals surface area contributed by atoms with Crippen LogP contribution in [0.5, 0.6) is 5.75 Å². The lowest BCUT2D eigenvalue weighted by Crippen LogP contribution is -2.47. The fraction of sp³-hybridized carbons (Fsp3) is 0.379. The topological polar surface area (TPSA) is 89.4 Å². The van der Waals surface area contributed by atoms with Gasteiger partial charge in [0.15, 0.2) is 0 Å². The highest BCUT2D eigenvalue weighted by Gasteiger charge is 2.33. The molecular weight excluding hydrogens is 498 g/mol. The number of rotatable bonds is 10. The number of amides is 2. The molecule has 0 aliphatic heterocycles. The first-order valence-electron chi connectivity index (χ1n) is 13.3. The van der Waals surface area contributed by atoms with Gasteiger partial charge in [0, 0.05) is 10.9 Å². The first kappa shape index (κ1) is 25.9. The summed E-state index contributed by atoms with van der Waals surface area (Å²) in [5.41, 5.74) is 2.25. The Hall–Kier alpha value is -3.72. The van der Waals surface area contributed by atoms with Crippen molar-refractivity contribution in [2.75, 3.05) is 6.61 Å². The Labute approximate surface area is 226 Å². The maximum Gasteiger partial charge on any atom is 0.247 e. The molecule has 2 aromatic heterocycles. The summed E-state index contributed by atoms with van der Waals surface area (Å²) in [6.45, 7) is 2.79. The van der Waals surface area contributed by atoms with E-state index in [0.717, 1.165) is 52.9 Å². The normalized spacial score (nSPS) is 14.8. The SMILES string of the molecule is CCOc1ccc(C(C(=O)NC2CCCCC2)N(Cc2cccs2)C(=O)Cn2nnc3ccccc32)cc1. The van der Waals surface area contributed by atoms with Crippen molar-refractivity contribution in [1.82, 2.24) is 25.2 Å². The third-order valence-corrected chi connectivity index (χ3v) is 7.81. The number of benzene rings is 2.